The van der Waals surface area contributed by atoms with E-state index in [1.54, 1.807) is 0 Å². The molecule has 1 fully saturated rings. The van der Waals surface area contributed by atoms with Crippen molar-refractivity contribution in [2.24, 2.45) is 5.92 Å². The van der Waals surface area contributed by atoms with Gasteiger partial charge in [-0.05, 0) is 25.2 Å². The zero-order valence-electron chi connectivity index (χ0n) is 6.62. The summed E-state index contributed by atoms with van der Waals surface area (Å²) in [5, 5.41) is 14.0. The Hall–Kier alpha value is -0.930. The van der Waals surface area contributed by atoms with E-state index in [1.807, 2.05) is 0 Å². The molecular weight excluding hydrogens is 140 g/mol. The van der Waals surface area contributed by atoms with Gasteiger partial charge in [0.05, 0.1) is 0 Å². The highest BCUT2D eigenvalue weighted by atomic mass is 15.5. The summed E-state index contributed by atoms with van der Waals surface area (Å²) in [7, 11) is 0. The molecule has 4 heteroatoms. The Morgan fingerprint density at radius 3 is 2.91 bits per heavy atom. The summed E-state index contributed by atoms with van der Waals surface area (Å²) < 4.78 is 0. The van der Waals surface area contributed by atoms with Crippen LogP contribution in [0.1, 0.15) is 37.9 Å². The molecule has 1 aromatic rings. The highest BCUT2D eigenvalue weighted by Crippen LogP contribution is 2.35. The van der Waals surface area contributed by atoms with E-state index < -0.39 is 0 Å². The minimum absolute atomic E-state index is 0.559. The van der Waals surface area contributed by atoms with Crippen molar-refractivity contribution in [3.8, 4) is 0 Å². The highest BCUT2D eigenvalue weighted by molar-refractivity contribution is 4.95. The highest BCUT2D eigenvalue weighted by Gasteiger charge is 2.25. The van der Waals surface area contributed by atoms with Crippen LogP contribution in [0.2, 0.25) is 0 Å². The molecule has 1 aliphatic rings. The van der Waals surface area contributed by atoms with E-state index in [9.17, 15) is 0 Å². The quantitative estimate of drug-likeness (QED) is 0.655. The molecule has 1 N–H and O–H groups in total. The summed E-state index contributed by atoms with van der Waals surface area (Å²) >= 11 is 0. The number of rotatable bonds is 1. The number of nitrogens with zero attached hydrogens (tertiary/aromatic N) is 3. The number of hydrogen-bond acceptors (Lipinski definition) is 3. The molecular formula is C7H12N4. The molecule has 4 nitrogen and oxygen atoms in total. The van der Waals surface area contributed by atoms with Gasteiger partial charge in [-0.25, -0.2) is 0 Å². The van der Waals surface area contributed by atoms with Crippen LogP contribution in [0.5, 0.6) is 0 Å². The van der Waals surface area contributed by atoms with Gasteiger partial charge in [0.2, 0.25) is 0 Å². The van der Waals surface area contributed by atoms with Crippen LogP contribution < -0.4 is 0 Å². The maximum absolute atomic E-state index is 3.99. The van der Waals surface area contributed by atoms with Gasteiger partial charge in [-0.2, -0.15) is 5.21 Å². The first-order valence-electron chi connectivity index (χ1n) is 4.09. The smallest absolute Gasteiger partial charge is 0.177 e. The van der Waals surface area contributed by atoms with Crippen LogP contribution >= 0.6 is 0 Å². The van der Waals surface area contributed by atoms with E-state index in [2.05, 4.69) is 27.5 Å². The molecule has 2 rings (SSSR count). The van der Waals surface area contributed by atoms with Gasteiger partial charge in [0.1, 0.15) is 0 Å². The maximum Gasteiger partial charge on any atom is 0.177 e. The molecule has 0 radical (unpaired) electrons. The van der Waals surface area contributed by atoms with Crippen LogP contribution in [0.25, 0.3) is 0 Å². The Balaban J connectivity index is 2.08. The Morgan fingerprint density at radius 2 is 2.36 bits per heavy atom. The van der Waals surface area contributed by atoms with Crippen molar-refractivity contribution in [3.05, 3.63) is 5.82 Å². The molecule has 2 unspecified atom stereocenters. The van der Waals surface area contributed by atoms with Crippen LogP contribution in [0.4, 0.5) is 0 Å². The van der Waals surface area contributed by atoms with E-state index in [0.717, 1.165) is 11.7 Å². The lowest BCUT2D eigenvalue weighted by atomic mass is 10.1. The first kappa shape index (κ1) is 6.76. The lowest BCUT2D eigenvalue weighted by Crippen LogP contribution is -1.96. The van der Waals surface area contributed by atoms with Gasteiger partial charge >= 0.3 is 0 Å². The van der Waals surface area contributed by atoms with Gasteiger partial charge in [0, 0.05) is 5.92 Å². The zero-order valence-corrected chi connectivity index (χ0v) is 6.62. The monoisotopic (exact) mass is 152 g/mol. The van der Waals surface area contributed by atoms with E-state index in [-0.39, 0.29) is 0 Å². The first-order chi connectivity index (χ1) is 5.36. The van der Waals surface area contributed by atoms with Gasteiger partial charge in [-0.1, -0.05) is 12.1 Å². The van der Waals surface area contributed by atoms with Gasteiger partial charge in [0.25, 0.3) is 0 Å². The SMILES string of the molecule is CC1CCC(c2nn[nH]n2)C1. The summed E-state index contributed by atoms with van der Waals surface area (Å²) in [4.78, 5) is 0. The normalized spacial score (nSPS) is 31.0. The minimum atomic E-state index is 0.559. The third kappa shape index (κ3) is 1.25. The van der Waals surface area contributed by atoms with E-state index in [4.69, 9.17) is 0 Å². The fraction of sp³-hybridized carbons (Fsp3) is 0.857. The Kier molecular flexibility index (Phi) is 1.60. The Labute approximate surface area is 65.4 Å². The maximum atomic E-state index is 3.99. The molecule has 1 aliphatic carbocycles. The molecule has 0 aromatic carbocycles. The third-order valence-corrected chi connectivity index (χ3v) is 2.42. The Bertz CT molecular complexity index is 218. The van der Waals surface area contributed by atoms with Gasteiger partial charge in [-0.3, -0.25) is 0 Å². The molecule has 0 amide bonds. The van der Waals surface area contributed by atoms with Crippen molar-refractivity contribution in [2.75, 3.05) is 0 Å². The number of aromatic nitrogens is 4. The van der Waals surface area contributed by atoms with Gasteiger partial charge in [0.15, 0.2) is 5.82 Å². The van der Waals surface area contributed by atoms with Crippen molar-refractivity contribution < 1.29 is 0 Å². The van der Waals surface area contributed by atoms with Crippen LogP contribution in [0.15, 0.2) is 0 Å². The summed E-state index contributed by atoms with van der Waals surface area (Å²) in [6.45, 7) is 2.28. The number of hydrogen-bond donors (Lipinski definition) is 1. The molecule has 0 spiro atoms. The number of nitrogens with one attached hydrogen (secondary N) is 1. The van der Waals surface area contributed by atoms with E-state index in [0.29, 0.717) is 5.92 Å². The van der Waals surface area contributed by atoms with Crippen molar-refractivity contribution in [2.45, 2.75) is 32.1 Å². The second kappa shape index (κ2) is 2.60. The molecule has 0 saturated heterocycles. The first-order valence-corrected chi connectivity index (χ1v) is 4.09. The predicted octanol–water partition coefficient (Wildman–Crippen LogP) is 1.10. The van der Waals surface area contributed by atoms with Crippen LogP contribution in [-0.2, 0) is 0 Å². The van der Waals surface area contributed by atoms with Crippen LogP contribution in [0, 0.1) is 5.92 Å². The van der Waals surface area contributed by atoms with E-state index in [1.165, 1.54) is 19.3 Å². The van der Waals surface area contributed by atoms with Crippen LogP contribution in [0.3, 0.4) is 0 Å². The number of tetrazole rings is 1. The van der Waals surface area contributed by atoms with Crippen LogP contribution in [-0.4, -0.2) is 20.6 Å². The van der Waals surface area contributed by atoms with Gasteiger partial charge in [-0.15, -0.1) is 10.2 Å². The summed E-state index contributed by atoms with van der Waals surface area (Å²) in [6.07, 6.45) is 3.75. The second-order valence-electron chi connectivity index (χ2n) is 3.39. The van der Waals surface area contributed by atoms with E-state index >= 15 is 0 Å². The molecule has 1 heterocycles. The average Bonchev–Trinajstić information content (AvgIpc) is 2.55. The molecule has 60 valence electrons. The fourth-order valence-corrected chi connectivity index (χ4v) is 1.78. The number of aromatic amines is 1. The molecule has 1 saturated carbocycles. The standard InChI is InChI=1S/C7H12N4/c1-5-2-3-6(4-5)7-8-10-11-9-7/h5-6H,2-4H2,1H3,(H,8,9,10,11). The predicted molar refractivity (Wildman–Crippen MR) is 39.9 cm³/mol. The van der Waals surface area contributed by atoms with Gasteiger partial charge < -0.3 is 0 Å². The molecule has 0 bridgehead atoms. The molecule has 0 aliphatic heterocycles. The molecule has 11 heavy (non-hydrogen) atoms. The third-order valence-electron chi connectivity index (χ3n) is 2.42. The molecule has 2 atom stereocenters. The lowest BCUT2D eigenvalue weighted by Gasteiger charge is -2.00. The van der Waals surface area contributed by atoms with Crippen molar-refractivity contribution in [1.29, 1.82) is 0 Å². The summed E-state index contributed by atoms with van der Waals surface area (Å²) in [5.41, 5.74) is 0. The second-order valence-corrected chi connectivity index (χ2v) is 3.39. The summed E-state index contributed by atoms with van der Waals surface area (Å²) in [5.74, 6) is 2.29. The Morgan fingerprint density at radius 1 is 1.45 bits per heavy atom. The average molecular weight is 152 g/mol. The largest absolute Gasteiger partial charge is 0.177 e. The summed E-state index contributed by atoms with van der Waals surface area (Å²) in [6, 6.07) is 0. The van der Waals surface area contributed by atoms with Crippen molar-refractivity contribution in [3.63, 3.8) is 0 Å². The topological polar surface area (TPSA) is 54.5 Å². The zero-order chi connectivity index (χ0) is 7.68. The fourth-order valence-electron chi connectivity index (χ4n) is 1.78. The molecule has 1 aromatic heterocycles. The number of H-pyrrole nitrogens is 1. The van der Waals surface area contributed by atoms with Crippen molar-refractivity contribution in [1.82, 2.24) is 20.6 Å². The lowest BCUT2D eigenvalue weighted by molar-refractivity contribution is 0.585. The van der Waals surface area contributed by atoms with Crippen molar-refractivity contribution >= 4 is 0 Å². The minimum Gasteiger partial charge on any atom is -0.177 e.